The van der Waals surface area contributed by atoms with Gasteiger partial charge in [-0.05, 0) is 25.8 Å². The van der Waals surface area contributed by atoms with Gasteiger partial charge in [0.05, 0.1) is 5.92 Å². The lowest BCUT2D eigenvalue weighted by molar-refractivity contribution is -0.125. The maximum absolute atomic E-state index is 11.9. The molecular weight excluding hydrogens is 224 g/mol. The van der Waals surface area contributed by atoms with E-state index in [1.165, 1.54) is 38.5 Å². The van der Waals surface area contributed by atoms with Crippen LogP contribution in [0.4, 0.5) is 0 Å². The molecule has 1 aliphatic carbocycles. The van der Waals surface area contributed by atoms with Crippen molar-refractivity contribution >= 4 is 18.3 Å². The first-order valence-electron chi connectivity index (χ1n) is 6.37. The molecule has 16 heavy (non-hydrogen) atoms. The van der Waals surface area contributed by atoms with Crippen LogP contribution in [0.3, 0.4) is 0 Å². The summed E-state index contributed by atoms with van der Waals surface area (Å²) in [7, 11) is 0. The van der Waals surface area contributed by atoms with Crippen LogP contribution in [0.25, 0.3) is 0 Å². The Balaban J connectivity index is 0.00000128. The number of rotatable bonds is 2. The highest BCUT2D eigenvalue weighted by molar-refractivity contribution is 5.85. The van der Waals surface area contributed by atoms with Crippen LogP contribution in [-0.2, 0) is 4.79 Å². The largest absolute Gasteiger partial charge is 0.353 e. The summed E-state index contributed by atoms with van der Waals surface area (Å²) in [6, 6.07) is 0.459. The fraction of sp³-hybridized carbons (Fsp3) is 0.917. The second kappa shape index (κ2) is 7.13. The van der Waals surface area contributed by atoms with E-state index in [1.54, 1.807) is 0 Å². The number of hydrogen-bond donors (Lipinski definition) is 2. The van der Waals surface area contributed by atoms with Crippen molar-refractivity contribution < 1.29 is 4.79 Å². The maximum atomic E-state index is 11.9. The van der Waals surface area contributed by atoms with Gasteiger partial charge in [0.1, 0.15) is 0 Å². The predicted molar refractivity (Wildman–Crippen MR) is 67.9 cm³/mol. The number of nitrogens with one attached hydrogen (secondary N) is 2. The molecule has 1 amide bonds. The lowest BCUT2D eigenvalue weighted by atomic mass is 10.1. The van der Waals surface area contributed by atoms with Crippen molar-refractivity contribution in [3.05, 3.63) is 0 Å². The molecule has 94 valence electrons. The van der Waals surface area contributed by atoms with Gasteiger partial charge < -0.3 is 10.6 Å². The van der Waals surface area contributed by atoms with Gasteiger partial charge in [-0.3, -0.25) is 4.79 Å². The van der Waals surface area contributed by atoms with E-state index in [1.807, 2.05) is 0 Å². The number of carbonyl (C=O) groups excluding carboxylic acids is 1. The van der Waals surface area contributed by atoms with E-state index in [0.717, 1.165) is 19.5 Å². The molecule has 2 fully saturated rings. The van der Waals surface area contributed by atoms with Crippen molar-refractivity contribution in [3.8, 4) is 0 Å². The normalized spacial score (nSPS) is 26.9. The Hall–Kier alpha value is -0.280. The first kappa shape index (κ1) is 13.8. The highest BCUT2D eigenvalue weighted by Crippen LogP contribution is 2.18. The average molecular weight is 247 g/mol. The van der Waals surface area contributed by atoms with Gasteiger partial charge in [-0.1, -0.05) is 25.7 Å². The first-order valence-corrected chi connectivity index (χ1v) is 6.37. The van der Waals surface area contributed by atoms with Crippen molar-refractivity contribution in [2.45, 2.75) is 51.0 Å². The number of halogens is 1. The number of hydrogen-bond acceptors (Lipinski definition) is 2. The second-order valence-electron chi connectivity index (χ2n) is 4.89. The van der Waals surface area contributed by atoms with Gasteiger partial charge in [0.2, 0.25) is 5.91 Å². The predicted octanol–water partition coefficient (Wildman–Crippen LogP) is 1.86. The minimum atomic E-state index is 0. The zero-order chi connectivity index (χ0) is 10.5. The molecule has 2 N–H and O–H groups in total. The van der Waals surface area contributed by atoms with Gasteiger partial charge in [0, 0.05) is 12.6 Å². The lowest BCUT2D eigenvalue weighted by Crippen LogP contribution is -2.39. The van der Waals surface area contributed by atoms with E-state index < -0.39 is 0 Å². The Bertz CT molecular complexity index is 209. The van der Waals surface area contributed by atoms with Crippen LogP contribution in [0.1, 0.15) is 44.9 Å². The van der Waals surface area contributed by atoms with Gasteiger partial charge in [0.15, 0.2) is 0 Å². The molecule has 1 unspecified atom stereocenters. The third-order valence-corrected chi connectivity index (χ3v) is 3.63. The Kier molecular flexibility index (Phi) is 6.14. The fourth-order valence-electron chi connectivity index (χ4n) is 2.62. The van der Waals surface area contributed by atoms with Crippen LogP contribution < -0.4 is 10.6 Å². The Morgan fingerprint density at radius 2 is 1.75 bits per heavy atom. The molecule has 2 rings (SSSR count). The van der Waals surface area contributed by atoms with Crippen molar-refractivity contribution in [1.82, 2.24) is 10.6 Å². The Labute approximate surface area is 104 Å². The fourth-order valence-corrected chi connectivity index (χ4v) is 2.62. The smallest absolute Gasteiger partial charge is 0.224 e. The molecule has 2 aliphatic rings. The molecule has 0 radical (unpaired) electrons. The van der Waals surface area contributed by atoms with E-state index in [4.69, 9.17) is 0 Å². The minimum absolute atomic E-state index is 0. The van der Waals surface area contributed by atoms with Gasteiger partial charge in [0.25, 0.3) is 0 Å². The molecule has 1 aliphatic heterocycles. The van der Waals surface area contributed by atoms with E-state index in [-0.39, 0.29) is 24.2 Å². The van der Waals surface area contributed by atoms with E-state index in [2.05, 4.69) is 10.6 Å². The average Bonchev–Trinajstić information content (AvgIpc) is 2.65. The van der Waals surface area contributed by atoms with Gasteiger partial charge in [-0.2, -0.15) is 0 Å². The van der Waals surface area contributed by atoms with E-state index in [0.29, 0.717) is 6.04 Å². The number of amides is 1. The summed E-state index contributed by atoms with van der Waals surface area (Å²) in [6.45, 7) is 1.88. The molecule has 1 heterocycles. The van der Waals surface area contributed by atoms with E-state index in [9.17, 15) is 4.79 Å². The summed E-state index contributed by atoms with van der Waals surface area (Å²) in [4.78, 5) is 11.9. The lowest BCUT2D eigenvalue weighted by Gasteiger charge is -2.18. The summed E-state index contributed by atoms with van der Waals surface area (Å²) < 4.78 is 0. The maximum Gasteiger partial charge on any atom is 0.224 e. The Morgan fingerprint density at radius 3 is 2.31 bits per heavy atom. The van der Waals surface area contributed by atoms with Crippen LogP contribution in [0.15, 0.2) is 0 Å². The molecule has 0 bridgehead atoms. The summed E-state index contributed by atoms with van der Waals surface area (Å²) >= 11 is 0. The first-order chi connectivity index (χ1) is 7.36. The number of carbonyl (C=O) groups is 1. The van der Waals surface area contributed by atoms with E-state index >= 15 is 0 Å². The van der Waals surface area contributed by atoms with Crippen LogP contribution in [0.5, 0.6) is 0 Å². The van der Waals surface area contributed by atoms with Crippen molar-refractivity contribution in [3.63, 3.8) is 0 Å². The molecule has 4 heteroatoms. The third kappa shape index (κ3) is 3.95. The molecule has 1 atom stereocenters. The van der Waals surface area contributed by atoms with Crippen molar-refractivity contribution in [2.24, 2.45) is 5.92 Å². The highest BCUT2D eigenvalue weighted by atomic mass is 35.5. The third-order valence-electron chi connectivity index (χ3n) is 3.63. The molecule has 1 saturated carbocycles. The quantitative estimate of drug-likeness (QED) is 0.731. The molecule has 1 saturated heterocycles. The molecule has 0 aromatic rings. The monoisotopic (exact) mass is 246 g/mol. The molecule has 3 nitrogen and oxygen atoms in total. The topological polar surface area (TPSA) is 41.1 Å². The Morgan fingerprint density at radius 1 is 1.06 bits per heavy atom. The summed E-state index contributed by atoms with van der Waals surface area (Å²) in [6.07, 6.45) is 8.65. The van der Waals surface area contributed by atoms with Crippen molar-refractivity contribution in [2.75, 3.05) is 13.1 Å². The van der Waals surface area contributed by atoms with Gasteiger partial charge in [-0.25, -0.2) is 0 Å². The molecule has 0 spiro atoms. The highest BCUT2D eigenvalue weighted by Gasteiger charge is 2.24. The zero-order valence-corrected chi connectivity index (χ0v) is 10.7. The van der Waals surface area contributed by atoms with Crippen molar-refractivity contribution in [1.29, 1.82) is 0 Å². The molecular formula is C12H23ClN2O. The summed E-state index contributed by atoms with van der Waals surface area (Å²) in [5.74, 6) is 0.514. The van der Waals surface area contributed by atoms with Gasteiger partial charge >= 0.3 is 0 Å². The second-order valence-corrected chi connectivity index (χ2v) is 4.89. The van der Waals surface area contributed by atoms with Crippen LogP contribution in [-0.4, -0.2) is 25.0 Å². The standard InChI is InChI=1S/C12H22N2O.ClH/c15-12(10-7-8-13-9-10)14-11-5-3-1-2-4-6-11;/h10-11,13H,1-9H2,(H,14,15);1H. The van der Waals surface area contributed by atoms with Crippen LogP contribution >= 0.6 is 12.4 Å². The minimum Gasteiger partial charge on any atom is -0.353 e. The molecule has 0 aromatic heterocycles. The summed E-state index contributed by atoms with van der Waals surface area (Å²) in [5, 5.41) is 6.46. The summed E-state index contributed by atoms with van der Waals surface area (Å²) in [5.41, 5.74) is 0. The van der Waals surface area contributed by atoms with Crippen LogP contribution in [0.2, 0.25) is 0 Å². The van der Waals surface area contributed by atoms with Gasteiger partial charge in [-0.15, -0.1) is 12.4 Å². The molecule has 0 aromatic carbocycles. The van der Waals surface area contributed by atoms with Crippen LogP contribution in [0, 0.1) is 5.92 Å². The zero-order valence-electron chi connectivity index (χ0n) is 9.84. The SMILES string of the molecule is Cl.O=C(NC1CCCCCC1)C1CCNC1.